The standard InChI is InChI=1S/C28H22N2O4S2/c1-4-14-34-21-13-12-18-9-6-7-10-19(18)20(21)16-23-26(31)30-25(22-11-8-15-35-22)24(27(32)33-5-2)17(3)29-28(30)36-23/h1,6-13,15-16,25H,5,14H2,2-3H3/b23-16+. The van der Waals surface area contributed by atoms with Crippen LogP contribution in [-0.2, 0) is 9.53 Å². The third-order valence-corrected chi connectivity index (χ3v) is 7.75. The first-order chi connectivity index (χ1) is 17.5. The number of rotatable bonds is 6. The van der Waals surface area contributed by atoms with Crippen LogP contribution in [0.1, 0.15) is 30.3 Å². The maximum absolute atomic E-state index is 13.9. The first-order valence-electron chi connectivity index (χ1n) is 11.3. The van der Waals surface area contributed by atoms with E-state index in [2.05, 4.69) is 10.9 Å². The molecule has 0 saturated carbocycles. The van der Waals surface area contributed by atoms with E-state index in [0.29, 0.717) is 26.4 Å². The van der Waals surface area contributed by atoms with Gasteiger partial charge < -0.3 is 9.47 Å². The quantitative estimate of drug-likeness (QED) is 0.288. The van der Waals surface area contributed by atoms with Crippen LogP contribution in [-0.4, -0.2) is 23.8 Å². The van der Waals surface area contributed by atoms with Crippen molar-refractivity contribution < 1.29 is 14.3 Å². The largest absolute Gasteiger partial charge is 0.480 e. The number of aromatic nitrogens is 1. The van der Waals surface area contributed by atoms with E-state index in [4.69, 9.17) is 15.9 Å². The van der Waals surface area contributed by atoms with Crippen LogP contribution in [0.25, 0.3) is 16.8 Å². The molecular weight excluding hydrogens is 492 g/mol. The topological polar surface area (TPSA) is 69.9 Å². The molecule has 8 heteroatoms. The normalized spacial score (nSPS) is 15.4. The second-order valence-corrected chi connectivity index (χ2v) is 10.00. The van der Waals surface area contributed by atoms with Crippen molar-refractivity contribution in [3.63, 3.8) is 0 Å². The van der Waals surface area contributed by atoms with Crippen LogP contribution in [0.5, 0.6) is 5.75 Å². The van der Waals surface area contributed by atoms with Crippen molar-refractivity contribution in [2.45, 2.75) is 19.9 Å². The molecule has 1 aliphatic rings. The van der Waals surface area contributed by atoms with Crippen LogP contribution in [0, 0.1) is 12.3 Å². The Bertz CT molecular complexity index is 1720. The molecule has 180 valence electrons. The van der Waals surface area contributed by atoms with Gasteiger partial charge in [0, 0.05) is 10.4 Å². The lowest BCUT2D eigenvalue weighted by Crippen LogP contribution is -2.39. The molecule has 6 nitrogen and oxygen atoms in total. The van der Waals surface area contributed by atoms with Gasteiger partial charge in [-0.15, -0.1) is 17.8 Å². The zero-order valence-electron chi connectivity index (χ0n) is 19.7. The average Bonchev–Trinajstić information content (AvgIpc) is 3.51. The fraction of sp³-hybridized carbons (Fsp3) is 0.179. The number of ether oxygens (including phenoxy) is 2. The summed E-state index contributed by atoms with van der Waals surface area (Å²) in [5, 5.41) is 3.88. The Morgan fingerprint density at radius 2 is 2.06 bits per heavy atom. The van der Waals surface area contributed by atoms with Crippen molar-refractivity contribution in [3.8, 4) is 18.1 Å². The van der Waals surface area contributed by atoms with E-state index in [1.807, 2.05) is 60.0 Å². The van der Waals surface area contributed by atoms with Gasteiger partial charge in [0.1, 0.15) is 18.4 Å². The Hall–Kier alpha value is -3.93. The van der Waals surface area contributed by atoms with Crippen LogP contribution in [0.4, 0.5) is 0 Å². The SMILES string of the molecule is C#CCOc1ccc2ccccc2c1/C=c1/sc2n(c1=O)C(c1cccs1)C(C(=O)OCC)=C(C)N=2. The Balaban J connectivity index is 1.76. The van der Waals surface area contributed by atoms with Crippen LogP contribution in [0.15, 0.2) is 75.0 Å². The summed E-state index contributed by atoms with van der Waals surface area (Å²) in [6, 6.07) is 14.9. The number of hydrogen-bond donors (Lipinski definition) is 0. The summed E-state index contributed by atoms with van der Waals surface area (Å²) >= 11 is 2.76. The zero-order valence-corrected chi connectivity index (χ0v) is 21.3. The number of allylic oxidation sites excluding steroid dienone is 1. The van der Waals surface area contributed by atoms with Crippen LogP contribution < -0.4 is 19.6 Å². The molecule has 0 fully saturated rings. The Kier molecular flexibility index (Phi) is 6.59. The summed E-state index contributed by atoms with van der Waals surface area (Å²) in [5.41, 5.74) is 1.45. The van der Waals surface area contributed by atoms with Gasteiger partial charge in [-0.3, -0.25) is 9.36 Å². The number of hydrogen-bond acceptors (Lipinski definition) is 7. The van der Waals surface area contributed by atoms with Gasteiger partial charge in [-0.25, -0.2) is 9.79 Å². The number of benzene rings is 2. The highest BCUT2D eigenvalue weighted by Crippen LogP contribution is 2.33. The lowest BCUT2D eigenvalue weighted by atomic mass is 10.0. The summed E-state index contributed by atoms with van der Waals surface area (Å²) < 4.78 is 13.2. The van der Waals surface area contributed by atoms with Gasteiger partial charge in [0.15, 0.2) is 4.80 Å². The molecule has 0 bridgehead atoms. The molecule has 2 aromatic heterocycles. The lowest BCUT2D eigenvalue weighted by molar-refractivity contribution is -0.139. The van der Waals surface area contributed by atoms with E-state index < -0.39 is 12.0 Å². The number of nitrogens with zero attached hydrogens (tertiary/aromatic N) is 2. The van der Waals surface area contributed by atoms with E-state index >= 15 is 0 Å². The minimum Gasteiger partial charge on any atom is -0.480 e. The van der Waals surface area contributed by atoms with Gasteiger partial charge in [0.05, 0.1) is 22.4 Å². The molecule has 1 aliphatic heterocycles. The van der Waals surface area contributed by atoms with Gasteiger partial charge in [-0.05, 0) is 48.2 Å². The minimum absolute atomic E-state index is 0.112. The molecule has 0 N–H and O–H groups in total. The minimum atomic E-state index is -0.605. The number of thiazole rings is 1. The second-order valence-electron chi connectivity index (χ2n) is 8.01. The van der Waals surface area contributed by atoms with E-state index in [0.717, 1.165) is 21.2 Å². The molecule has 0 spiro atoms. The molecule has 0 amide bonds. The predicted molar refractivity (Wildman–Crippen MR) is 143 cm³/mol. The Morgan fingerprint density at radius 1 is 1.22 bits per heavy atom. The van der Waals surface area contributed by atoms with Crippen LogP contribution >= 0.6 is 22.7 Å². The van der Waals surface area contributed by atoms with Crippen molar-refractivity contribution in [2.75, 3.05) is 13.2 Å². The van der Waals surface area contributed by atoms with E-state index in [1.165, 1.54) is 22.7 Å². The summed E-state index contributed by atoms with van der Waals surface area (Å²) in [4.78, 5) is 32.8. The first kappa shape index (κ1) is 23.8. The summed E-state index contributed by atoms with van der Waals surface area (Å²) in [7, 11) is 0. The highest BCUT2D eigenvalue weighted by Gasteiger charge is 2.33. The molecule has 3 heterocycles. The van der Waals surface area contributed by atoms with Gasteiger partial charge in [0.2, 0.25) is 0 Å². The maximum Gasteiger partial charge on any atom is 0.338 e. The molecule has 0 radical (unpaired) electrons. The highest BCUT2D eigenvalue weighted by atomic mass is 32.1. The fourth-order valence-corrected chi connectivity index (χ4v) is 6.16. The van der Waals surface area contributed by atoms with E-state index in [1.54, 1.807) is 18.4 Å². The number of thiophene rings is 1. The fourth-order valence-electron chi connectivity index (χ4n) is 4.31. The molecular formula is C28H22N2O4S2. The van der Waals surface area contributed by atoms with Crippen molar-refractivity contribution in [1.29, 1.82) is 0 Å². The number of terminal acetylenes is 1. The summed E-state index contributed by atoms with van der Waals surface area (Å²) in [6.45, 7) is 3.88. The van der Waals surface area contributed by atoms with E-state index in [9.17, 15) is 9.59 Å². The zero-order chi connectivity index (χ0) is 25.2. The number of esters is 1. The number of carbonyl (C=O) groups excluding carboxylic acids is 1. The average molecular weight is 515 g/mol. The molecule has 0 saturated heterocycles. The monoisotopic (exact) mass is 514 g/mol. The highest BCUT2D eigenvalue weighted by molar-refractivity contribution is 7.10. The molecule has 0 aliphatic carbocycles. The van der Waals surface area contributed by atoms with Gasteiger partial charge >= 0.3 is 5.97 Å². The summed E-state index contributed by atoms with van der Waals surface area (Å²) in [6.07, 6.45) is 7.25. The first-order valence-corrected chi connectivity index (χ1v) is 13.0. The molecule has 5 rings (SSSR count). The third kappa shape index (κ3) is 4.17. The molecule has 4 aromatic rings. The Morgan fingerprint density at radius 3 is 2.81 bits per heavy atom. The van der Waals surface area contributed by atoms with Crippen molar-refractivity contribution in [2.24, 2.45) is 4.99 Å². The van der Waals surface area contributed by atoms with Gasteiger partial charge in [-0.1, -0.05) is 53.7 Å². The van der Waals surface area contributed by atoms with E-state index in [-0.39, 0.29) is 18.8 Å². The third-order valence-electron chi connectivity index (χ3n) is 5.85. The maximum atomic E-state index is 13.9. The summed E-state index contributed by atoms with van der Waals surface area (Å²) in [5.74, 6) is 2.62. The van der Waals surface area contributed by atoms with Crippen molar-refractivity contribution >= 4 is 45.5 Å². The molecule has 36 heavy (non-hydrogen) atoms. The molecule has 1 unspecified atom stereocenters. The smallest absolute Gasteiger partial charge is 0.338 e. The van der Waals surface area contributed by atoms with Crippen molar-refractivity contribution in [3.05, 3.63) is 95.3 Å². The number of fused-ring (bicyclic) bond motifs is 2. The van der Waals surface area contributed by atoms with Gasteiger partial charge in [-0.2, -0.15) is 0 Å². The lowest BCUT2D eigenvalue weighted by Gasteiger charge is -2.23. The molecule has 2 aromatic carbocycles. The van der Waals surface area contributed by atoms with Crippen molar-refractivity contribution in [1.82, 2.24) is 4.57 Å². The molecule has 1 atom stereocenters. The van der Waals surface area contributed by atoms with Crippen LogP contribution in [0.2, 0.25) is 0 Å². The Labute approximate surface area is 215 Å². The number of carbonyl (C=O) groups is 1. The van der Waals surface area contributed by atoms with Crippen LogP contribution in [0.3, 0.4) is 0 Å². The second kappa shape index (κ2) is 9.97. The van der Waals surface area contributed by atoms with Gasteiger partial charge in [0.25, 0.3) is 5.56 Å². The predicted octanol–water partition coefficient (Wildman–Crippen LogP) is 4.03.